The van der Waals surface area contributed by atoms with Crippen molar-refractivity contribution < 1.29 is 4.79 Å². The Bertz CT molecular complexity index is 392. The van der Waals surface area contributed by atoms with Crippen molar-refractivity contribution in [3.63, 3.8) is 0 Å². The fourth-order valence-electron chi connectivity index (χ4n) is 1.43. The quantitative estimate of drug-likeness (QED) is 0.634. The van der Waals surface area contributed by atoms with Gasteiger partial charge in [0.15, 0.2) is 0 Å². The standard InChI is InChI=1S/C14H16BrNO/c1-2-3-4-5-10-16-14(17)11-12-6-8-13(15)9-7-12/h1,6-9H,3-5,10-11H2,(H,16,17). The van der Waals surface area contributed by atoms with E-state index in [4.69, 9.17) is 6.42 Å². The monoisotopic (exact) mass is 293 g/mol. The molecule has 1 aromatic carbocycles. The molecule has 1 amide bonds. The van der Waals surface area contributed by atoms with E-state index in [2.05, 4.69) is 27.2 Å². The van der Waals surface area contributed by atoms with E-state index < -0.39 is 0 Å². The molecule has 0 saturated heterocycles. The van der Waals surface area contributed by atoms with E-state index in [1.165, 1.54) is 0 Å². The van der Waals surface area contributed by atoms with Crippen molar-refractivity contribution in [1.29, 1.82) is 0 Å². The van der Waals surface area contributed by atoms with E-state index in [1.54, 1.807) is 0 Å². The van der Waals surface area contributed by atoms with Crippen LogP contribution in [0, 0.1) is 12.3 Å². The molecule has 17 heavy (non-hydrogen) atoms. The van der Waals surface area contributed by atoms with Gasteiger partial charge in [-0.2, -0.15) is 0 Å². The number of carbonyl (C=O) groups excluding carboxylic acids is 1. The van der Waals surface area contributed by atoms with Gasteiger partial charge in [-0.05, 0) is 30.5 Å². The second-order valence-corrected chi connectivity index (χ2v) is 4.73. The minimum atomic E-state index is 0.0630. The summed E-state index contributed by atoms with van der Waals surface area (Å²) < 4.78 is 1.02. The van der Waals surface area contributed by atoms with Gasteiger partial charge >= 0.3 is 0 Å². The average molecular weight is 294 g/mol. The van der Waals surface area contributed by atoms with Gasteiger partial charge in [-0.1, -0.05) is 28.1 Å². The maximum absolute atomic E-state index is 11.6. The van der Waals surface area contributed by atoms with Crippen LogP contribution in [0.5, 0.6) is 0 Å². The maximum atomic E-state index is 11.6. The summed E-state index contributed by atoms with van der Waals surface area (Å²) >= 11 is 3.36. The summed E-state index contributed by atoms with van der Waals surface area (Å²) in [5.41, 5.74) is 1.02. The molecule has 0 aliphatic heterocycles. The van der Waals surface area contributed by atoms with Crippen LogP contribution in [-0.2, 0) is 11.2 Å². The van der Waals surface area contributed by atoms with Crippen molar-refractivity contribution in [3.8, 4) is 12.3 Å². The van der Waals surface area contributed by atoms with Crippen LogP contribution in [0.15, 0.2) is 28.7 Å². The third-order valence-electron chi connectivity index (χ3n) is 2.35. The molecule has 1 aromatic rings. The molecule has 3 heteroatoms. The van der Waals surface area contributed by atoms with Crippen LogP contribution in [-0.4, -0.2) is 12.5 Å². The van der Waals surface area contributed by atoms with Gasteiger partial charge < -0.3 is 5.32 Å². The van der Waals surface area contributed by atoms with Crippen molar-refractivity contribution in [2.24, 2.45) is 0 Å². The highest BCUT2D eigenvalue weighted by Crippen LogP contribution is 2.10. The van der Waals surface area contributed by atoms with Crippen molar-refractivity contribution >= 4 is 21.8 Å². The molecule has 0 aliphatic carbocycles. The molecule has 0 spiro atoms. The fraction of sp³-hybridized carbons (Fsp3) is 0.357. The topological polar surface area (TPSA) is 29.1 Å². The van der Waals surface area contributed by atoms with E-state index in [-0.39, 0.29) is 5.91 Å². The molecular weight excluding hydrogens is 278 g/mol. The molecule has 1 N–H and O–H groups in total. The Morgan fingerprint density at radius 1 is 1.29 bits per heavy atom. The first kappa shape index (κ1) is 13.8. The molecule has 0 atom stereocenters. The Hall–Kier alpha value is -1.27. The molecule has 0 aliphatic rings. The van der Waals surface area contributed by atoms with Crippen molar-refractivity contribution in [2.45, 2.75) is 25.7 Å². The van der Waals surface area contributed by atoms with Crippen LogP contribution >= 0.6 is 15.9 Å². The normalized spacial score (nSPS) is 9.65. The summed E-state index contributed by atoms with van der Waals surface area (Å²) in [7, 11) is 0. The van der Waals surface area contributed by atoms with Crippen molar-refractivity contribution in [1.82, 2.24) is 5.32 Å². The first-order chi connectivity index (χ1) is 8.22. The SMILES string of the molecule is C#CCCCCNC(=O)Cc1ccc(Br)cc1. The first-order valence-corrected chi connectivity index (χ1v) is 6.46. The molecule has 90 valence electrons. The van der Waals surface area contributed by atoms with Gasteiger partial charge in [-0.3, -0.25) is 4.79 Å². The molecule has 0 bridgehead atoms. The smallest absolute Gasteiger partial charge is 0.224 e. The average Bonchev–Trinajstić information content (AvgIpc) is 2.32. The molecule has 2 nitrogen and oxygen atoms in total. The lowest BCUT2D eigenvalue weighted by atomic mass is 10.1. The summed E-state index contributed by atoms with van der Waals surface area (Å²) in [6.45, 7) is 0.705. The Labute approximate surface area is 111 Å². The second kappa shape index (κ2) is 7.92. The predicted octanol–water partition coefficient (Wildman–Crippen LogP) is 2.91. The highest BCUT2D eigenvalue weighted by molar-refractivity contribution is 9.10. The van der Waals surface area contributed by atoms with Crippen molar-refractivity contribution in [2.75, 3.05) is 6.54 Å². The number of terminal acetylenes is 1. The van der Waals surface area contributed by atoms with Gasteiger partial charge in [0.05, 0.1) is 6.42 Å². The Morgan fingerprint density at radius 3 is 2.65 bits per heavy atom. The van der Waals surface area contributed by atoms with Gasteiger partial charge in [-0.15, -0.1) is 12.3 Å². The van der Waals surface area contributed by atoms with Crippen LogP contribution in [0.1, 0.15) is 24.8 Å². The first-order valence-electron chi connectivity index (χ1n) is 5.67. The van der Waals surface area contributed by atoms with E-state index in [0.29, 0.717) is 13.0 Å². The van der Waals surface area contributed by atoms with E-state index in [9.17, 15) is 4.79 Å². The number of nitrogens with one attached hydrogen (secondary N) is 1. The molecule has 0 fully saturated rings. The predicted molar refractivity (Wildman–Crippen MR) is 73.5 cm³/mol. The van der Waals surface area contributed by atoms with Crippen molar-refractivity contribution in [3.05, 3.63) is 34.3 Å². The summed E-state index contributed by atoms with van der Waals surface area (Å²) in [6, 6.07) is 7.77. The summed E-state index contributed by atoms with van der Waals surface area (Å²) in [4.78, 5) is 11.6. The van der Waals surface area contributed by atoms with Crippen LogP contribution < -0.4 is 5.32 Å². The van der Waals surface area contributed by atoms with E-state index in [1.807, 2.05) is 24.3 Å². The Balaban J connectivity index is 2.21. The second-order valence-electron chi connectivity index (χ2n) is 3.81. The molecule has 1 rings (SSSR count). The van der Waals surface area contributed by atoms with Gasteiger partial charge in [0.2, 0.25) is 5.91 Å². The van der Waals surface area contributed by atoms with Crippen LogP contribution in [0.4, 0.5) is 0 Å². The number of rotatable bonds is 6. The number of amides is 1. The number of hydrogen-bond donors (Lipinski definition) is 1. The molecule has 0 unspecified atom stereocenters. The summed E-state index contributed by atoms with van der Waals surface area (Å²) in [5, 5.41) is 2.89. The highest BCUT2D eigenvalue weighted by Gasteiger charge is 2.02. The number of halogens is 1. The fourth-order valence-corrected chi connectivity index (χ4v) is 1.69. The zero-order chi connectivity index (χ0) is 12.5. The lowest BCUT2D eigenvalue weighted by molar-refractivity contribution is -0.120. The third-order valence-corrected chi connectivity index (χ3v) is 2.88. The number of unbranched alkanes of at least 4 members (excludes halogenated alkanes) is 2. The minimum absolute atomic E-state index is 0.0630. The zero-order valence-corrected chi connectivity index (χ0v) is 11.3. The maximum Gasteiger partial charge on any atom is 0.224 e. The largest absolute Gasteiger partial charge is 0.356 e. The highest BCUT2D eigenvalue weighted by atomic mass is 79.9. The third kappa shape index (κ3) is 6.13. The zero-order valence-electron chi connectivity index (χ0n) is 9.71. The molecule has 0 saturated carbocycles. The van der Waals surface area contributed by atoms with Gasteiger partial charge in [-0.25, -0.2) is 0 Å². The lowest BCUT2D eigenvalue weighted by Gasteiger charge is -2.04. The number of carbonyl (C=O) groups is 1. The molecular formula is C14H16BrNO. The van der Waals surface area contributed by atoms with Crippen LogP contribution in [0.2, 0.25) is 0 Å². The van der Waals surface area contributed by atoms with Gasteiger partial charge in [0.1, 0.15) is 0 Å². The van der Waals surface area contributed by atoms with E-state index in [0.717, 1.165) is 29.3 Å². The van der Waals surface area contributed by atoms with Crippen LogP contribution in [0.3, 0.4) is 0 Å². The molecule has 0 aromatic heterocycles. The van der Waals surface area contributed by atoms with E-state index >= 15 is 0 Å². The number of hydrogen-bond acceptors (Lipinski definition) is 1. The van der Waals surface area contributed by atoms with Gasteiger partial charge in [0, 0.05) is 17.4 Å². The summed E-state index contributed by atoms with van der Waals surface area (Å²) in [6.07, 6.45) is 8.27. The lowest BCUT2D eigenvalue weighted by Crippen LogP contribution is -2.26. The molecule has 0 radical (unpaired) electrons. The Morgan fingerprint density at radius 2 is 2.00 bits per heavy atom. The van der Waals surface area contributed by atoms with Gasteiger partial charge in [0.25, 0.3) is 0 Å². The summed E-state index contributed by atoms with van der Waals surface area (Å²) in [5.74, 6) is 2.65. The van der Waals surface area contributed by atoms with Crippen LogP contribution in [0.25, 0.3) is 0 Å². The molecule has 0 heterocycles. The minimum Gasteiger partial charge on any atom is -0.356 e. The number of benzene rings is 1. The Kier molecular flexibility index (Phi) is 6.42.